The number of nitrogens with zero attached hydrogens (tertiary/aromatic N) is 2. The fraction of sp³-hybridized carbons (Fsp3) is 0.300. The van der Waals surface area contributed by atoms with E-state index in [9.17, 15) is 9.59 Å². The van der Waals surface area contributed by atoms with Gasteiger partial charge in [-0.2, -0.15) is 0 Å². The minimum absolute atomic E-state index is 0.102. The molecule has 0 saturated carbocycles. The minimum atomic E-state index is -0.646. The molecule has 0 aliphatic rings. The van der Waals surface area contributed by atoms with E-state index in [-0.39, 0.29) is 11.6 Å². The van der Waals surface area contributed by atoms with Crippen LogP contribution in [0.5, 0.6) is 5.75 Å². The lowest BCUT2D eigenvalue weighted by Crippen LogP contribution is -2.30. The zero-order valence-electron chi connectivity index (χ0n) is 15.7. The van der Waals surface area contributed by atoms with Crippen LogP contribution in [0.3, 0.4) is 0 Å². The summed E-state index contributed by atoms with van der Waals surface area (Å²) in [6.07, 6.45) is -0.646. The van der Waals surface area contributed by atoms with E-state index in [1.165, 1.54) is 5.56 Å². The Morgan fingerprint density at radius 3 is 2.38 bits per heavy atom. The molecular formula is C20H23N3O3. The first-order chi connectivity index (χ1) is 12.3. The van der Waals surface area contributed by atoms with Crippen LogP contribution in [0.1, 0.15) is 18.1 Å². The molecule has 0 radical (unpaired) electrons. The van der Waals surface area contributed by atoms with Crippen molar-refractivity contribution >= 4 is 22.6 Å². The van der Waals surface area contributed by atoms with Gasteiger partial charge < -0.3 is 10.1 Å². The van der Waals surface area contributed by atoms with Crippen LogP contribution in [-0.2, 0) is 18.9 Å². The number of anilines is 1. The molecule has 2 aromatic carbocycles. The van der Waals surface area contributed by atoms with E-state index in [1.54, 1.807) is 42.3 Å². The number of nitrogens with one attached hydrogen (secondary N) is 1. The highest BCUT2D eigenvalue weighted by molar-refractivity contribution is 5.95. The van der Waals surface area contributed by atoms with Crippen molar-refractivity contribution in [2.24, 2.45) is 14.1 Å². The number of ether oxygens (including phenoxy) is 1. The Bertz CT molecular complexity index is 1050. The number of hydrogen-bond acceptors (Lipinski definition) is 3. The number of benzene rings is 2. The second-order valence-electron chi connectivity index (χ2n) is 6.60. The van der Waals surface area contributed by atoms with Crippen molar-refractivity contribution in [3.05, 3.63) is 58.0 Å². The molecule has 26 heavy (non-hydrogen) atoms. The average molecular weight is 353 g/mol. The first-order valence-corrected chi connectivity index (χ1v) is 8.48. The largest absolute Gasteiger partial charge is 0.481 e. The summed E-state index contributed by atoms with van der Waals surface area (Å²) in [7, 11) is 3.43. The Labute approximate surface area is 152 Å². The van der Waals surface area contributed by atoms with Crippen LogP contribution in [0.2, 0.25) is 0 Å². The summed E-state index contributed by atoms with van der Waals surface area (Å²) in [4.78, 5) is 24.5. The van der Waals surface area contributed by atoms with Gasteiger partial charge in [-0.1, -0.05) is 6.07 Å². The molecule has 0 fully saturated rings. The topological polar surface area (TPSA) is 65.3 Å². The molecule has 6 nitrogen and oxygen atoms in total. The number of rotatable bonds is 4. The van der Waals surface area contributed by atoms with Gasteiger partial charge in [0, 0.05) is 19.8 Å². The van der Waals surface area contributed by atoms with Crippen molar-refractivity contribution in [2.45, 2.75) is 26.9 Å². The van der Waals surface area contributed by atoms with Gasteiger partial charge in [0.2, 0.25) is 0 Å². The van der Waals surface area contributed by atoms with E-state index < -0.39 is 6.10 Å². The van der Waals surface area contributed by atoms with Crippen molar-refractivity contribution in [1.29, 1.82) is 0 Å². The fourth-order valence-corrected chi connectivity index (χ4v) is 2.87. The highest BCUT2D eigenvalue weighted by Gasteiger charge is 2.16. The zero-order valence-corrected chi connectivity index (χ0v) is 15.7. The molecule has 1 N–H and O–H groups in total. The minimum Gasteiger partial charge on any atom is -0.481 e. The van der Waals surface area contributed by atoms with E-state index in [2.05, 4.69) is 5.32 Å². The van der Waals surface area contributed by atoms with Gasteiger partial charge >= 0.3 is 5.69 Å². The van der Waals surface area contributed by atoms with Crippen molar-refractivity contribution in [2.75, 3.05) is 5.32 Å². The monoisotopic (exact) mass is 353 g/mol. The number of aromatic nitrogens is 2. The Balaban J connectivity index is 1.76. The molecule has 3 aromatic rings. The molecule has 1 atom stereocenters. The number of imidazole rings is 1. The van der Waals surface area contributed by atoms with Crippen molar-refractivity contribution in [3.8, 4) is 5.75 Å². The maximum Gasteiger partial charge on any atom is 0.328 e. The second kappa shape index (κ2) is 6.71. The summed E-state index contributed by atoms with van der Waals surface area (Å²) in [6.45, 7) is 5.75. The third-order valence-corrected chi connectivity index (χ3v) is 4.70. The Morgan fingerprint density at radius 2 is 1.69 bits per heavy atom. The van der Waals surface area contributed by atoms with Crippen LogP contribution in [0.25, 0.3) is 11.0 Å². The summed E-state index contributed by atoms with van der Waals surface area (Å²) in [6, 6.07) is 11.1. The van der Waals surface area contributed by atoms with Crippen LogP contribution in [0, 0.1) is 13.8 Å². The zero-order chi connectivity index (χ0) is 19.0. The Hall–Kier alpha value is -3.02. The number of amides is 1. The quantitative estimate of drug-likeness (QED) is 0.784. The van der Waals surface area contributed by atoms with E-state index in [0.29, 0.717) is 11.4 Å². The Morgan fingerprint density at radius 1 is 1.00 bits per heavy atom. The predicted molar refractivity (Wildman–Crippen MR) is 103 cm³/mol. The lowest BCUT2D eigenvalue weighted by molar-refractivity contribution is -0.122. The van der Waals surface area contributed by atoms with Gasteiger partial charge in [-0.25, -0.2) is 4.79 Å². The van der Waals surface area contributed by atoms with E-state index in [0.717, 1.165) is 16.6 Å². The maximum absolute atomic E-state index is 12.5. The van der Waals surface area contributed by atoms with E-state index in [4.69, 9.17) is 4.74 Å². The summed E-state index contributed by atoms with van der Waals surface area (Å²) in [5.41, 5.74) is 4.39. The van der Waals surface area contributed by atoms with Gasteiger partial charge in [0.15, 0.2) is 6.10 Å². The number of fused-ring (bicyclic) bond motifs is 1. The third-order valence-electron chi connectivity index (χ3n) is 4.70. The van der Waals surface area contributed by atoms with Crippen LogP contribution in [0.4, 0.5) is 5.69 Å². The molecule has 0 aliphatic heterocycles. The highest BCUT2D eigenvalue weighted by atomic mass is 16.5. The van der Waals surface area contributed by atoms with Gasteiger partial charge in [-0.3, -0.25) is 13.9 Å². The standard InChI is InChI=1S/C20H23N3O3/c1-12-6-8-16(10-13(12)2)26-14(3)19(24)21-15-7-9-17-18(11-15)23(5)20(25)22(17)4/h6-11,14H,1-5H3,(H,21,24)/t14-/m1/s1. The third kappa shape index (κ3) is 3.22. The van der Waals surface area contributed by atoms with Crippen molar-refractivity contribution in [3.63, 3.8) is 0 Å². The summed E-state index contributed by atoms with van der Waals surface area (Å²) in [5.74, 6) is 0.417. The molecule has 1 heterocycles. The molecule has 0 unspecified atom stereocenters. The summed E-state index contributed by atoms with van der Waals surface area (Å²) < 4.78 is 8.88. The molecule has 0 aliphatic carbocycles. The van der Waals surface area contributed by atoms with Crippen LogP contribution in [-0.4, -0.2) is 21.1 Å². The first kappa shape index (κ1) is 17.8. The molecular weight excluding hydrogens is 330 g/mol. The number of carbonyl (C=O) groups is 1. The molecule has 0 saturated heterocycles. The van der Waals surface area contributed by atoms with E-state index in [1.807, 2.05) is 38.1 Å². The van der Waals surface area contributed by atoms with Gasteiger partial charge in [0.05, 0.1) is 11.0 Å². The summed E-state index contributed by atoms with van der Waals surface area (Å²) >= 11 is 0. The van der Waals surface area contributed by atoms with Crippen LogP contribution >= 0.6 is 0 Å². The maximum atomic E-state index is 12.5. The molecule has 136 valence electrons. The molecule has 3 rings (SSSR count). The lowest BCUT2D eigenvalue weighted by atomic mass is 10.1. The van der Waals surface area contributed by atoms with Gasteiger partial charge in [-0.15, -0.1) is 0 Å². The second-order valence-corrected chi connectivity index (χ2v) is 6.60. The van der Waals surface area contributed by atoms with Gasteiger partial charge in [0.1, 0.15) is 5.75 Å². The number of hydrogen-bond donors (Lipinski definition) is 1. The van der Waals surface area contributed by atoms with Crippen molar-refractivity contribution in [1.82, 2.24) is 9.13 Å². The fourth-order valence-electron chi connectivity index (χ4n) is 2.87. The Kier molecular flexibility index (Phi) is 4.59. The molecule has 0 bridgehead atoms. The predicted octanol–water partition coefficient (Wildman–Crippen LogP) is 2.90. The van der Waals surface area contributed by atoms with Gasteiger partial charge in [0.25, 0.3) is 5.91 Å². The number of aryl methyl sites for hydroxylation is 4. The average Bonchev–Trinajstić information content (AvgIpc) is 2.82. The SMILES string of the molecule is Cc1ccc(O[C@H](C)C(=O)Nc2ccc3c(c2)n(C)c(=O)n3C)cc1C. The van der Waals surface area contributed by atoms with Gasteiger partial charge in [-0.05, 0) is 62.2 Å². The van der Waals surface area contributed by atoms with E-state index >= 15 is 0 Å². The molecule has 1 amide bonds. The number of carbonyl (C=O) groups excluding carboxylic acids is 1. The normalized spacial score (nSPS) is 12.2. The smallest absolute Gasteiger partial charge is 0.328 e. The summed E-state index contributed by atoms with van der Waals surface area (Å²) in [5, 5.41) is 2.85. The first-order valence-electron chi connectivity index (χ1n) is 8.48. The molecule has 1 aromatic heterocycles. The van der Waals surface area contributed by atoms with Crippen LogP contribution in [0.15, 0.2) is 41.2 Å². The van der Waals surface area contributed by atoms with Crippen LogP contribution < -0.4 is 15.7 Å². The van der Waals surface area contributed by atoms with Crippen molar-refractivity contribution < 1.29 is 9.53 Å². The highest BCUT2D eigenvalue weighted by Crippen LogP contribution is 2.20. The molecule has 6 heteroatoms. The lowest BCUT2D eigenvalue weighted by Gasteiger charge is -2.15. The molecule has 0 spiro atoms.